The number of carbonyl (C=O) groups excluding carboxylic acids is 1. The van der Waals surface area contributed by atoms with Crippen molar-refractivity contribution in [3.05, 3.63) is 0 Å². The van der Waals surface area contributed by atoms with E-state index < -0.39 is 0 Å². The van der Waals surface area contributed by atoms with Gasteiger partial charge in [-0.25, -0.2) is 0 Å². The molecule has 0 aromatic carbocycles. The first-order chi connectivity index (χ1) is 9.22. The van der Waals surface area contributed by atoms with E-state index >= 15 is 0 Å². The van der Waals surface area contributed by atoms with Crippen molar-refractivity contribution in [2.45, 2.75) is 65.2 Å². The van der Waals surface area contributed by atoms with Gasteiger partial charge in [-0.3, -0.25) is 4.79 Å². The van der Waals surface area contributed by atoms with Crippen LogP contribution >= 0.6 is 0 Å². The van der Waals surface area contributed by atoms with Gasteiger partial charge in [-0.05, 0) is 25.7 Å². The minimum Gasteiger partial charge on any atom is -0.381 e. The smallest absolute Gasteiger partial charge is 0.132 e. The van der Waals surface area contributed by atoms with Crippen LogP contribution in [0.2, 0.25) is 0 Å². The molecule has 1 saturated carbocycles. The average Bonchev–Trinajstić information content (AvgIpc) is 2.43. The summed E-state index contributed by atoms with van der Waals surface area (Å²) in [5, 5.41) is 0. The van der Waals surface area contributed by atoms with Crippen molar-refractivity contribution in [3.63, 3.8) is 0 Å². The van der Waals surface area contributed by atoms with E-state index in [1.165, 1.54) is 12.8 Å². The van der Waals surface area contributed by atoms with Crippen molar-refractivity contribution in [1.82, 2.24) is 0 Å². The van der Waals surface area contributed by atoms with Gasteiger partial charge in [0.25, 0.3) is 0 Å². The summed E-state index contributed by atoms with van der Waals surface area (Å²) in [7, 11) is 0. The Labute approximate surface area is 118 Å². The van der Waals surface area contributed by atoms with Crippen molar-refractivity contribution in [2.75, 3.05) is 26.4 Å². The van der Waals surface area contributed by atoms with Gasteiger partial charge in [-0.2, -0.15) is 0 Å². The molecule has 1 aliphatic carbocycles. The predicted molar refractivity (Wildman–Crippen MR) is 77.4 cm³/mol. The summed E-state index contributed by atoms with van der Waals surface area (Å²) in [6, 6.07) is 0. The van der Waals surface area contributed by atoms with Crippen molar-refractivity contribution in [1.29, 1.82) is 0 Å². The van der Waals surface area contributed by atoms with Crippen LogP contribution < -0.4 is 0 Å². The molecule has 0 atom stereocenters. The summed E-state index contributed by atoms with van der Waals surface area (Å²) >= 11 is 0. The number of hydrogen-bond donors (Lipinski definition) is 0. The lowest BCUT2D eigenvalue weighted by atomic mass is 9.75. The van der Waals surface area contributed by atoms with E-state index in [4.69, 9.17) is 9.47 Å². The maximum absolute atomic E-state index is 11.4. The largest absolute Gasteiger partial charge is 0.381 e. The lowest BCUT2D eigenvalue weighted by Crippen LogP contribution is -2.37. The molecule has 1 fully saturated rings. The molecule has 3 nitrogen and oxygen atoms in total. The van der Waals surface area contributed by atoms with Gasteiger partial charge in [-0.15, -0.1) is 0 Å². The van der Waals surface area contributed by atoms with Crippen molar-refractivity contribution in [3.8, 4) is 0 Å². The van der Waals surface area contributed by atoms with E-state index in [1.54, 1.807) is 0 Å². The van der Waals surface area contributed by atoms with Crippen LogP contribution in [0.4, 0.5) is 0 Å². The molecule has 0 heterocycles. The highest BCUT2D eigenvalue weighted by Gasteiger charge is 2.35. The molecule has 19 heavy (non-hydrogen) atoms. The Balaban J connectivity index is 2.35. The normalized spacial score (nSPS) is 18.7. The third kappa shape index (κ3) is 6.53. The molecule has 0 aliphatic heterocycles. The van der Waals surface area contributed by atoms with Crippen LogP contribution in [0, 0.1) is 5.41 Å². The third-order valence-electron chi connectivity index (χ3n) is 3.97. The van der Waals surface area contributed by atoms with E-state index in [0.29, 0.717) is 18.6 Å². The molecule has 0 unspecified atom stereocenters. The highest BCUT2D eigenvalue weighted by molar-refractivity contribution is 5.79. The molecule has 0 saturated heterocycles. The Morgan fingerprint density at radius 2 is 1.42 bits per heavy atom. The Kier molecular flexibility index (Phi) is 8.31. The second kappa shape index (κ2) is 9.49. The topological polar surface area (TPSA) is 35.5 Å². The molecule has 0 N–H and O–H groups in total. The maximum atomic E-state index is 11.4. The Hall–Kier alpha value is -0.410. The summed E-state index contributed by atoms with van der Waals surface area (Å²) in [5.41, 5.74) is 0.0927. The van der Waals surface area contributed by atoms with Crippen LogP contribution in [-0.4, -0.2) is 32.2 Å². The molecule has 3 heteroatoms. The summed E-state index contributed by atoms with van der Waals surface area (Å²) in [4.78, 5) is 11.4. The SMILES string of the molecule is CCCCOCC1(COCCCC)CCC(=O)CC1. The van der Waals surface area contributed by atoms with Crippen molar-refractivity contribution < 1.29 is 14.3 Å². The van der Waals surface area contributed by atoms with Crippen molar-refractivity contribution in [2.24, 2.45) is 5.41 Å². The second-order valence-electron chi connectivity index (χ2n) is 5.85. The van der Waals surface area contributed by atoms with Crippen LogP contribution in [0.3, 0.4) is 0 Å². The molecule has 0 spiro atoms. The number of ether oxygens (including phenoxy) is 2. The fourth-order valence-corrected chi connectivity index (χ4v) is 2.46. The minimum absolute atomic E-state index is 0.0927. The average molecular weight is 270 g/mol. The highest BCUT2D eigenvalue weighted by atomic mass is 16.5. The van der Waals surface area contributed by atoms with Gasteiger partial charge in [0.1, 0.15) is 5.78 Å². The molecular weight excluding hydrogens is 240 g/mol. The molecule has 0 amide bonds. The molecule has 0 aromatic rings. The number of ketones is 1. The van der Waals surface area contributed by atoms with Gasteiger partial charge in [0.2, 0.25) is 0 Å². The summed E-state index contributed by atoms with van der Waals surface area (Å²) < 4.78 is 11.6. The first kappa shape index (κ1) is 16.6. The monoisotopic (exact) mass is 270 g/mol. The number of carbonyl (C=O) groups is 1. The number of unbranched alkanes of at least 4 members (excludes halogenated alkanes) is 2. The number of hydrogen-bond acceptors (Lipinski definition) is 3. The van der Waals surface area contributed by atoms with Gasteiger partial charge in [0.15, 0.2) is 0 Å². The van der Waals surface area contributed by atoms with E-state index in [9.17, 15) is 4.79 Å². The molecule has 0 bridgehead atoms. The standard InChI is InChI=1S/C16H30O3/c1-3-5-11-18-13-16(14-19-12-6-4-2)9-7-15(17)8-10-16/h3-14H2,1-2H3. The van der Waals surface area contributed by atoms with Crippen LogP contribution in [0.15, 0.2) is 0 Å². The Morgan fingerprint density at radius 1 is 0.947 bits per heavy atom. The van der Waals surface area contributed by atoms with Gasteiger partial charge >= 0.3 is 0 Å². The summed E-state index contributed by atoms with van der Waals surface area (Å²) in [5.74, 6) is 0.401. The highest BCUT2D eigenvalue weighted by Crippen LogP contribution is 2.35. The summed E-state index contributed by atoms with van der Waals surface area (Å²) in [6.45, 7) is 7.53. The Morgan fingerprint density at radius 3 is 1.84 bits per heavy atom. The second-order valence-corrected chi connectivity index (χ2v) is 5.85. The quantitative estimate of drug-likeness (QED) is 0.567. The third-order valence-corrected chi connectivity index (χ3v) is 3.97. The van der Waals surface area contributed by atoms with Gasteiger partial charge < -0.3 is 9.47 Å². The molecule has 0 aromatic heterocycles. The van der Waals surface area contributed by atoms with E-state index in [-0.39, 0.29) is 5.41 Å². The van der Waals surface area contributed by atoms with E-state index in [0.717, 1.165) is 52.1 Å². The zero-order valence-electron chi connectivity index (χ0n) is 12.7. The Bertz CT molecular complexity index is 226. The first-order valence-electron chi connectivity index (χ1n) is 7.89. The molecule has 112 valence electrons. The van der Waals surface area contributed by atoms with Gasteiger partial charge in [0, 0.05) is 31.5 Å². The van der Waals surface area contributed by atoms with E-state index in [1.807, 2.05) is 0 Å². The van der Waals surface area contributed by atoms with Crippen LogP contribution in [-0.2, 0) is 14.3 Å². The molecule has 1 rings (SSSR count). The maximum Gasteiger partial charge on any atom is 0.132 e. The molecule has 0 radical (unpaired) electrons. The minimum atomic E-state index is 0.0927. The molecule has 1 aliphatic rings. The lowest BCUT2D eigenvalue weighted by Gasteiger charge is -2.36. The predicted octanol–water partition coefficient (Wildman–Crippen LogP) is 3.75. The first-order valence-corrected chi connectivity index (χ1v) is 7.89. The lowest BCUT2D eigenvalue weighted by molar-refractivity contribution is -0.125. The molecular formula is C16H30O3. The van der Waals surface area contributed by atoms with Gasteiger partial charge in [0.05, 0.1) is 13.2 Å². The zero-order chi connectivity index (χ0) is 14.0. The van der Waals surface area contributed by atoms with Gasteiger partial charge in [-0.1, -0.05) is 26.7 Å². The summed E-state index contributed by atoms with van der Waals surface area (Å²) in [6.07, 6.45) is 7.84. The zero-order valence-corrected chi connectivity index (χ0v) is 12.7. The fraction of sp³-hybridized carbons (Fsp3) is 0.938. The fourth-order valence-electron chi connectivity index (χ4n) is 2.46. The van der Waals surface area contributed by atoms with Crippen LogP contribution in [0.5, 0.6) is 0 Å². The van der Waals surface area contributed by atoms with Crippen LogP contribution in [0.1, 0.15) is 65.2 Å². The number of Topliss-reactive ketones (excluding diaryl/α,β-unsaturated/α-hetero) is 1. The van der Waals surface area contributed by atoms with E-state index in [2.05, 4.69) is 13.8 Å². The van der Waals surface area contributed by atoms with Crippen LogP contribution in [0.25, 0.3) is 0 Å². The number of rotatable bonds is 10. The van der Waals surface area contributed by atoms with Crippen molar-refractivity contribution >= 4 is 5.78 Å².